The summed E-state index contributed by atoms with van der Waals surface area (Å²) in [5.41, 5.74) is 0.849. The highest BCUT2D eigenvalue weighted by molar-refractivity contribution is 5.35. The van der Waals surface area contributed by atoms with E-state index in [1.165, 1.54) is 0 Å². The first-order chi connectivity index (χ1) is 8.56. The van der Waals surface area contributed by atoms with E-state index in [1.54, 1.807) is 7.11 Å². The third-order valence-electron chi connectivity index (χ3n) is 4.14. The van der Waals surface area contributed by atoms with Gasteiger partial charge in [0.15, 0.2) is 0 Å². The molecule has 3 heteroatoms. The van der Waals surface area contributed by atoms with E-state index in [4.69, 9.17) is 9.47 Å². The van der Waals surface area contributed by atoms with Crippen molar-refractivity contribution < 1.29 is 14.6 Å². The Kier molecular flexibility index (Phi) is 3.93. The zero-order valence-corrected chi connectivity index (χ0v) is 11.5. The van der Waals surface area contributed by atoms with Crippen LogP contribution in [0.3, 0.4) is 0 Å². The molecule has 0 spiro atoms. The molecule has 3 nitrogen and oxygen atoms in total. The monoisotopic (exact) mass is 250 g/mol. The standard InChI is InChI=1S/C15H22O3/c1-9-10(2)18-11(3)14(9)15(16)12-7-5-6-8-13(12)17-4/h5-11,14-16H,1-4H3. The lowest BCUT2D eigenvalue weighted by Crippen LogP contribution is -2.25. The largest absolute Gasteiger partial charge is 0.496 e. The Morgan fingerprint density at radius 2 is 1.83 bits per heavy atom. The number of hydrogen-bond donors (Lipinski definition) is 1. The lowest BCUT2D eigenvalue weighted by atomic mass is 9.82. The van der Waals surface area contributed by atoms with Gasteiger partial charge in [-0.1, -0.05) is 25.1 Å². The van der Waals surface area contributed by atoms with Crippen LogP contribution in [0.2, 0.25) is 0 Å². The molecule has 1 saturated heterocycles. The van der Waals surface area contributed by atoms with Gasteiger partial charge in [-0.25, -0.2) is 0 Å². The first-order valence-corrected chi connectivity index (χ1v) is 6.52. The molecule has 0 aromatic heterocycles. The average molecular weight is 250 g/mol. The van der Waals surface area contributed by atoms with Crippen molar-refractivity contribution in [2.24, 2.45) is 11.8 Å². The number of rotatable bonds is 3. The van der Waals surface area contributed by atoms with Crippen molar-refractivity contribution in [3.8, 4) is 5.75 Å². The number of para-hydroxylation sites is 1. The van der Waals surface area contributed by atoms with E-state index < -0.39 is 6.10 Å². The minimum Gasteiger partial charge on any atom is -0.496 e. The van der Waals surface area contributed by atoms with Gasteiger partial charge >= 0.3 is 0 Å². The molecule has 1 fully saturated rings. The van der Waals surface area contributed by atoms with Gasteiger partial charge in [-0.15, -0.1) is 0 Å². The van der Waals surface area contributed by atoms with Crippen LogP contribution in [-0.2, 0) is 4.74 Å². The number of methoxy groups -OCH3 is 1. The first kappa shape index (κ1) is 13.4. The van der Waals surface area contributed by atoms with Crippen molar-refractivity contribution in [1.29, 1.82) is 0 Å². The van der Waals surface area contributed by atoms with E-state index in [9.17, 15) is 5.11 Å². The Morgan fingerprint density at radius 1 is 1.17 bits per heavy atom. The number of hydrogen-bond acceptors (Lipinski definition) is 3. The lowest BCUT2D eigenvalue weighted by Gasteiger charge is -2.26. The molecule has 5 atom stereocenters. The highest BCUT2D eigenvalue weighted by Crippen LogP contribution is 2.42. The van der Waals surface area contributed by atoms with Crippen molar-refractivity contribution in [2.45, 2.75) is 39.1 Å². The smallest absolute Gasteiger partial charge is 0.124 e. The second-order valence-electron chi connectivity index (χ2n) is 5.17. The maximum absolute atomic E-state index is 10.6. The van der Waals surface area contributed by atoms with Gasteiger partial charge in [0.05, 0.1) is 25.4 Å². The fraction of sp³-hybridized carbons (Fsp3) is 0.600. The number of benzene rings is 1. The first-order valence-electron chi connectivity index (χ1n) is 6.52. The van der Waals surface area contributed by atoms with Crippen LogP contribution in [0.15, 0.2) is 24.3 Å². The average Bonchev–Trinajstić information content (AvgIpc) is 2.62. The van der Waals surface area contributed by atoms with Crippen molar-refractivity contribution >= 4 is 0 Å². The highest BCUT2D eigenvalue weighted by Gasteiger charge is 2.42. The summed E-state index contributed by atoms with van der Waals surface area (Å²) < 4.78 is 11.1. The van der Waals surface area contributed by atoms with Crippen molar-refractivity contribution in [3.05, 3.63) is 29.8 Å². The Labute approximate surface area is 109 Å². The van der Waals surface area contributed by atoms with Crippen molar-refractivity contribution in [2.75, 3.05) is 7.11 Å². The Balaban J connectivity index is 2.28. The summed E-state index contributed by atoms with van der Waals surface area (Å²) in [6.07, 6.45) is -0.291. The Hall–Kier alpha value is -1.06. The molecule has 100 valence electrons. The second kappa shape index (κ2) is 5.29. The Bertz CT molecular complexity index is 404. The molecule has 1 aliphatic rings. The number of aliphatic hydroxyl groups is 1. The molecule has 1 aromatic carbocycles. The van der Waals surface area contributed by atoms with Gasteiger partial charge in [0, 0.05) is 11.5 Å². The van der Waals surface area contributed by atoms with E-state index in [1.807, 2.05) is 31.2 Å². The predicted octanol–water partition coefficient (Wildman–Crippen LogP) is 2.79. The van der Waals surface area contributed by atoms with Crippen LogP contribution in [0.1, 0.15) is 32.4 Å². The molecule has 0 aliphatic carbocycles. The van der Waals surface area contributed by atoms with Gasteiger partial charge in [-0.2, -0.15) is 0 Å². The minimum absolute atomic E-state index is 0.0647. The SMILES string of the molecule is COc1ccccc1C(O)C1C(C)OC(C)C1C. The van der Waals surface area contributed by atoms with Gasteiger partial charge in [0.25, 0.3) is 0 Å². The highest BCUT2D eigenvalue weighted by atomic mass is 16.5. The Morgan fingerprint density at radius 3 is 2.39 bits per heavy atom. The van der Waals surface area contributed by atoms with E-state index in [0.717, 1.165) is 11.3 Å². The molecule has 1 aromatic rings. The molecule has 0 bridgehead atoms. The molecular formula is C15H22O3. The molecule has 5 unspecified atom stereocenters. The summed E-state index contributed by atoms with van der Waals surface area (Å²) in [4.78, 5) is 0. The van der Waals surface area contributed by atoms with Crippen LogP contribution >= 0.6 is 0 Å². The van der Waals surface area contributed by atoms with Crippen LogP contribution < -0.4 is 4.74 Å². The molecule has 1 aliphatic heterocycles. The summed E-state index contributed by atoms with van der Waals surface area (Å²) in [5.74, 6) is 1.18. The molecule has 0 saturated carbocycles. The molecule has 1 heterocycles. The van der Waals surface area contributed by atoms with Crippen LogP contribution in [0.5, 0.6) is 5.75 Å². The summed E-state index contributed by atoms with van der Waals surface area (Å²) in [7, 11) is 1.63. The lowest BCUT2D eigenvalue weighted by molar-refractivity contribution is 0.0224. The maximum Gasteiger partial charge on any atom is 0.124 e. The van der Waals surface area contributed by atoms with Crippen LogP contribution in [0.25, 0.3) is 0 Å². The summed E-state index contributed by atoms with van der Waals surface area (Å²) in [6, 6.07) is 7.64. The normalized spacial score (nSPS) is 33.4. The van der Waals surface area contributed by atoms with Gasteiger partial charge in [0.1, 0.15) is 5.75 Å². The van der Waals surface area contributed by atoms with E-state index in [0.29, 0.717) is 5.92 Å². The third-order valence-corrected chi connectivity index (χ3v) is 4.14. The zero-order valence-electron chi connectivity index (χ0n) is 11.5. The quantitative estimate of drug-likeness (QED) is 0.896. The van der Waals surface area contributed by atoms with Gasteiger partial charge in [-0.3, -0.25) is 0 Å². The van der Waals surface area contributed by atoms with Crippen molar-refractivity contribution in [3.63, 3.8) is 0 Å². The van der Waals surface area contributed by atoms with E-state index >= 15 is 0 Å². The molecule has 2 rings (SSSR count). The molecule has 0 amide bonds. The van der Waals surface area contributed by atoms with Crippen LogP contribution in [-0.4, -0.2) is 24.4 Å². The summed E-state index contributed by atoms with van der Waals surface area (Å²) in [5, 5.41) is 10.6. The summed E-state index contributed by atoms with van der Waals surface area (Å²) in [6.45, 7) is 6.23. The molecule has 1 N–H and O–H groups in total. The van der Waals surface area contributed by atoms with Gasteiger partial charge < -0.3 is 14.6 Å². The predicted molar refractivity (Wildman–Crippen MR) is 70.6 cm³/mol. The fourth-order valence-electron chi connectivity index (χ4n) is 2.96. The van der Waals surface area contributed by atoms with Crippen molar-refractivity contribution in [1.82, 2.24) is 0 Å². The third kappa shape index (κ3) is 2.25. The summed E-state index contributed by atoms with van der Waals surface area (Å²) >= 11 is 0. The fourth-order valence-corrected chi connectivity index (χ4v) is 2.96. The molecule has 18 heavy (non-hydrogen) atoms. The van der Waals surface area contributed by atoms with Gasteiger partial charge in [0.2, 0.25) is 0 Å². The van der Waals surface area contributed by atoms with E-state index in [-0.39, 0.29) is 18.1 Å². The zero-order chi connectivity index (χ0) is 13.3. The minimum atomic E-state index is -0.545. The van der Waals surface area contributed by atoms with Gasteiger partial charge in [-0.05, 0) is 25.8 Å². The van der Waals surface area contributed by atoms with Crippen LogP contribution in [0.4, 0.5) is 0 Å². The topological polar surface area (TPSA) is 38.7 Å². The maximum atomic E-state index is 10.6. The number of ether oxygens (including phenoxy) is 2. The molecule has 0 radical (unpaired) electrons. The second-order valence-corrected chi connectivity index (χ2v) is 5.17. The molecular weight excluding hydrogens is 228 g/mol. The van der Waals surface area contributed by atoms with Crippen LogP contribution in [0, 0.1) is 11.8 Å². The number of aliphatic hydroxyl groups excluding tert-OH is 1. The van der Waals surface area contributed by atoms with E-state index in [2.05, 4.69) is 13.8 Å².